The van der Waals surface area contributed by atoms with Crippen molar-refractivity contribution in [3.8, 4) is 17.3 Å². The number of imidazole rings is 1. The number of nitriles is 1. The molecule has 0 bridgehead atoms. The summed E-state index contributed by atoms with van der Waals surface area (Å²) in [6.45, 7) is 7.42. The number of hydrogen-bond acceptors (Lipinski definition) is 4. The molecule has 0 amide bonds. The molecular formula is C25H23N3O3. The zero-order valence-electron chi connectivity index (χ0n) is 17.9. The Kier molecular flexibility index (Phi) is 6.17. The van der Waals surface area contributed by atoms with Gasteiger partial charge in [0.05, 0.1) is 5.56 Å². The minimum Gasteiger partial charge on any atom is -0.478 e. The predicted molar refractivity (Wildman–Crippen MR) is 120 cm³/mol. The zero-order valence-corrected chi connectivity index (χ0v) is 17.9. The fourth-order valence-electron chi connectivity index (χ4n) is 3.29. The van der Waals surface area contributed by atoms with E-state index in [4.69, 9.17) is 0 Å². The lowest BCUT2D eigenvalue weighted by atomic mass is 9.91. The predicted octanol–water partition coefficient (Wildman–Crippen LogP) is 5.15. The van der Waals surface area contributed by atoms with Gasteiger partial charge in [0.15, 0.2) is 11.5 Å². The average Bonchev–Trinajstić information content (AvgIpc) is 3.11. The van der Waals surface area contributed by atoms with Gasteiger partial charge in [-0.3, -0.25) is 9.20 Å². The highest BCUT2D eigenvalue weighted by molar-refractivity contribution is 6.04. The van der Waals surface area contributed by atoms with Crippen molar-refractivity contribution in [1.82, 2.24) is 9.38 Å². The van der Waals surface area contributed by atoms with Gasteiger partial charge in [-0.05, 0) is 48.6 Å². The minimum absolute atomic E-state index is 0.0418. The number of carboxylic acids is 1. The molecule has 0 aliphatic heterocycles. The van der Waals surface area contributed by atoms with Gasteiger partial charge in [0.2, 0.25) is 0 Å². The summed E-state index contributed by atoms with van der Waals surface area (Å²) in [5.41, 5.74) is 4.06. The Morgan fingerprint density at radius 3 is 2.52 bits per heavy atom. The molecule has 0 fully saturated rings. The summed E-state index contributed by atoms with van der Waals surface area (Å²) in [7, 11) is 0. The van der Waals surface area contributed by atoms with E-state index >= 15 is 0 Å². The second-order valence-electron chi connectivity index (χ2n) is 7.61. The number of carbonyl (C=O) groups is 2. The van der Waals surface area contributed by atoms with Crippen molar-refractivity contribution in [2.24, 2.45) is 5.92 Å². The van der Waals surface area contributed by atoms with Crippen molar-refractivity contribution >= 4 is 23.0 Å². The van der Waals surface area contributed by atoms with Crippen LogP contribution in [0.15, 0.2) is 60.3 Å². The average molecular weight is 413 g/mol. The standard InChI is InChI=1S/C25H23N3O3/c1-15(2)9-10-19(16(3)17(4)29)20-7-5-6-8-21(20)24-22(14-26)28-12-11-18(25(30)31)13-23(28)27-24/h5-13,15H,1-4H3,(H,30,31)/b10-9-,19-16+. The number of Topliss-reactive ketones (excluding diaryl/α,β-unsaturated/α-hetero) is 1. The van der Waals surface area contributed by atoms with Crippen LogP contribution in [0.25, 0.3) is 22.5 Å². The second-order valence-corrected chi connectivity index (χ2v) is 7.61. The first-order chi connectivity index (χ1) is 14.7. The van der Waals surface area contributed by atoms with Gasteiger partial charge in [-0.15, -0.1) is 0 Å². The number of benzene rings is 1. The first-order valence-corrected chi connectivity index (χ1v) is 9.89. The number of allylic oxidation sites excluding steroid dienone is 4. The van der Waals surface area contributed by atoms with Gasteiger partial charge in [-0.25, -0.2) is 9.78 Å². The van der Waals surface area contributed by atoms with Crippen molar-refractivity contribution in [1.29, 1.82) is 5.26 Å². The summed E-state index contributed by atoms with van der Waals surface area (Å²) < 4.78 is 1.57. The summed E-state index contributed by atoms with van der Waals surface area (Å²) in [6, 6.07) is 12.5. The molecule has 3 aromatic rings. The highest BCUT2D eigenvalue weighted by Crippen LogP contribution is 2.34. The fourth-order valence-corrected chi connectivity index (χ4v) is 3.29. The van der Waals surface area contributed by atoms with Crippen molar-refractivity contribution in [2.45, 2.75) is 27.7 Å². The van der Waals surface area contributed by atoms with Crippen LogP contribution < -0.4 is 0 Å². The van der Waals surface area contributed by atoms with Crippen LogP contribution in [0.2, 0.25) is 0 Å². The van der Waals surface area contributed by atoms with E-state index in [0.29, 0.717) is 34.1 Å². The molecule has 3 rings (SSSR count). The second kappa shape index (κ2) is 8.80. The van der Waals surface area contributed by atoms with Crippen LogP contribution in [0.1, 0.15) is 49.3 Å². The van der Waals surface area contributed by atoms with E-state index in [-0.39, 0.29) is 11.3 Å². The molecule has 0 saturated heterocycles. The lowest BCUT2D eigenvalue weighted by Gasteiger charge is -2.12. The molecule has 0 aliphatic rings. The number of hydrogen-bond donors (Lipinski definition) is 1. The van der Waals surface area contributed by atoms with Gasteiger partial charge in [0, 0.05) is 11.8 Å². The van der Waals surface area contributed by atoms with Crippen LogP contribution >= 0.6 is 0 Å². The summed E-state index contributed by atoms with van der Waals surface area (Å²) >= 11 is 0. The molecule has 6 heteroatoms. The van der Waals surface area contributed by atoms with Gasteiger partial charge in [-0.2, -0.15) is 5.26 Å². The van der Waals surface area contributed by atoms with E-state index in [0.717, 1.165) is 11.1 Å². The van der Waals surface area contributed by atoms with E-state index in [2.05, 4.69) is 24.9 Å². The topological polar surface area (TPSA) is 95.5 Å². The van der Waals surface area contributed by atoms with Gasteiger partial charge >= 0.3 is 5.97 Å². The van der Waals surface area contributed by atoms with Crippen LogP contribution in [0.5, 0.6) is 0 Å². The molecule has 2 aromatic heterocycles. The monoisotopic (exact) mass is 413 g/mol. The summed E-state index contributed by atoms with van der Waals surface area (Å²) in [6.07, 6.45) is 5.49. The van der Waals surface area contributed by atoms with E-state index in [1.165, 1.54) is 25.3 Å². The highest BCUT2D eigenvalue weighted by Gasteiger charge is 2.20. The Labute approximate surface area is 180 Å². The maximum absolute atomic E-state index is 12.2. The molecule has 0 radical (unpaired) electrons. The normalized spacial score (nSPS) is 12.3. The Hall–Kier alpha value is -3.98. The van der Waals surface area contributed by atoms with Gasteiger partial charge in [0.1, 0.15) is 17.4 Å². The Morgan fingerprint density at radius 1 is 1.19 bits per heavy atom. The largest absolute Gasteiger partial charge is 0.478 e. The van der Waals surface area contributed by atoms with Crippen LogP contribution in [-0.4, -0.2) is 26.2 Å². The summed E-state index contributed by atoms with van der Waals surface area (Å²) in [5, 5.41) is 19.1. The number of nitrogens with zero attached hydrogens (tertiary/aromatic N) is 3. The van der Waals surface area contributed by atoms with Gasteiger partial charge in [0.25, 0.3) is 0 Å². The number of ketones is 1. The Morgan fingerprint density at radius 2 is 1.90 bits per heavy atom. The van der Waals surface area contributed by atoms with E-state index < -0.39 is 5.97 Å². The Bertz CT molecular complexity index is 1290. The quantitative estimate of drug-likeness (QED) is 0.446. The number of carbonyl (C=O) groups excluding carboxylic acids is 1. The summed E-state index contributed by atoms with van der Waals surface area (Å²) in [5.74, 6) is -0.812. The van der Waals surface area contributed by atoms with E-state index in [1.54, 1.807) is 11.3 Å². The van der Waals surface area contributed by atoms with E-state index in [9.17, 15) is 20.0 Å². The molecule has 0 saturated carbocycles. The third kappa shape index (κ3) is 4.31. The third-order valence-electron chi connectivity index (χ3n) is 5.03. The first-order valence-electron chi connectivity index (χ1n) is 9.89. The van der Waals surface area contributed by atoms with Crippen molar-refractivity contribution in [3.63, 3.8) is 0 Å². The fraction of sp³-hybridized carbons (Fsp3) is 0.200. The van der Waals surface area contributed by atoms with Crippen molar-refractivity contribution in [2.75, 3.05) is 0 Å². The molecule has 0 aliphatic carbocycles. The van der Waals surface area contributed by atoms with E-state index in [1.807, 2.05) is 36.4 Å². The molecule has 156 valence electrons. The van der Waals surface area contributed by atoms with Gasteiger partial charge in [-0.1, -0.05) is 50.3 Å². The molecule has 31 heavy (non-hydrogen) atoms. The smallest absolute Gasteiger partial charge is 0.335 e. The van der Waals surface area contributed by atoms with Gasteiger partial charge < -0.3 is 5.11 Å². The highest BCUT2D eigenvalue weighted by atomic mass is 16.4. The number of rotatable bonds is 6. The molecular weight excluding hydrogens is 390 g/mol. The molecule has 0 atom stereocenters. The SMILES string of the molecule is CC(=O)/C(C)=C(\C=C/C(C)C)c1ccccc1-c1nc2cc(C(=O)O)ccn2c1C#N. The zero-order chi connectivity index (χ0) is 22.7. The Balaban J connectivity index is 2.32. The van der Waals surface area contributed by atoms with Crippen molar-refractivity contribution in [3.05, 3.63) is 77.1 Å². The van der Waals surface area contributed by atoms with Crippen LogP contribution in [0, 0.1) is 17.2 Å². The van der Waals surface area contributed by atoms with Crippen LogP contribution in [0.4, 0.5) is 0 Å². The molecule has 0 spiro atoms. The maximum atomic E-state index is 12.2. The number of fused-ring (bicyclic) bond motifs is 1. The third-order valence-corrected chi connectivity index (χ3v) is 5.03. The summed E-state index contributed by atoms with van der Waals surface area (Å²) in [4.78, 5) is 28.1. The number of carboxylic acid groups (broad SMARTS) is 1. The first kappa shape index (κ1) is 21.7. The lowest BCUT2D eigenvalue weighted by Crippen LogP contribution is -1.99. The lowest BCUT2D eigenvalue weighted by molar-refractivity contribution is -0.113. The number of aromatic carboxylic acids is 1. The molecule has 2 heterocycles. The maximum Gasteiger partial charge on any atom is 0.335 e. The molecule has 6 nitrogen and oxygen atoms in total. The number of aromatic nitrogens is 2. The number of pyridine rings is 1. The van der Waals surface area contributed by atoms with Crippen LogP contribution in [-0.2, 0) is 4.79 Å². The molecule has 0 unspecified atom stereocenters. The van der Waals surface area contributed by atoms with Crippen molar-refractivity contribution < 1.29 is 14.7 Å². The minimum atomic E-state index is -1.06. The molecule has 1 aromatic carbocycles. The molecule has 1 N–H and O–H groups in total. The van der Waals surface area contributed by atoms with Crippen LogP contribution in [0.3, 0.4) is 0 Å².